The van der Waals surface area contributed by atoms with Gasteiger partial charge in [0.2, 0.25) is 5.82 Å². The van der Waals surface area contributed by atoms with Crippen molar-refractivity contribution in [2.24, 2.45) is 0 Å². The van der Waals surface area contributed by atoms with E-state index in [0.717, 1.165) is 33.6 Å². The fraction of sp³-hybridized carbons (Fsp3) is 0.261. The van der Waals surface area contributed by atoms with Gasteiger partial charge in [-0.15, -0.1) is 0 Å². The first kappa shape index (κ1) is 30.7. The molecule has 1 aromatic carbocycles. The number of hydrogen-bond donors (Lipinski definition) is 1. The van der Waals surface area contributed by atoms with Crippen LogP contribution in [0.15, 0.2) is 53.4 Å². The maximum Gasteiger partial charge on any atom is 0.435 e. The van der Waals surface area contributed by atoms with Gasteiger partial charge in [-0.05, 0) is 62.6 Å². The van der Waals surface area contributed by atoms with E-state index in [1.165, 1.54) is 31.6 Å². The molecular weight excluding hydrogens is 621 g/mol. The number of rotatable bonds is 7. The first-order chi connectivity index (χ1) is 18.6. The number of nitrogens with zero attached hydrogens (tertiary/aromatic N) is 6. The summed E-state index contributed by atoms with van der Waals surface area (Å²) >= 11 is 2.92. The molecule has 0 aliphatic heterocycles. The first-order valence-electron chi connectivity index (χ1n) is 11.0. The molecule has 3 heterocycles. The Morgan fingerprint density at radius 1 is 1.15 bits per heavy atom. The minimum absolute atomic E-state index is 0.0523. The fourth-order valence-electron chi connectivity index (χ4n) is 3.44. The molecule has 4 rings (SSSR count). The molecule has 17 heteroatoms. The lowest BCUT2D eigenvalue weighted by Gasteiger charge is -2.14. The molecule has 0 bridgehead atoms. The zero-order chi connectivity index (χ0) is 29.8. The van der Waals surface area contributed by atoms with Crippen molar-refractivity contribution < 1.29 is 40.8 Å². The molecule has 9 nitrogen and oxygen atoms in total. The van der Waals surface area contributed by atoms with Crippen LogP contribution in [0.2, 0.25) is 0 Å². The van der Waals surface area contributed by atoms with Gasteiger partial charge in [-0.1, -0.05) is 0 Å². The van der Waals surface area contributed by atoms with Crippen LogP contribution in [0.5, 0.6) is 0 Å². The van der Waals surface area contributed by atoms with Gasteiger partial charge in [0, 0.05) is 29.9 Å². The summed E-state index contributed by atoms with van der Waals surface area (Å²) in [6.07, 6.45) is -4.88. The normalized spacial score (nSPS) is 12.3. The van der Waals surface area contributed by atoms with E-state index in [-0.39, 0.29) is 23.4 Å². The number of aromatic nitrogens is 5. The van der Waals surface area contributed by atoms with Crippen molar-refractivity contribution in [2.45, 2.75) is 38.6 Å². The van der Waals surface area contributed by atoms with Crippen LogP contribution in [0.3, 0.4) is 0 Å². The van der Waals surface area contributed by atoms with Crippen molar-refractivity contribution in [3.63, 3.8) is 0 Å². The van der Waals surface area contributed by atoms with Gasteiger partial charge in [0.15, 0.2) is 11.9 Å². The highest BCUT2D eigenvalue weighted by atomic mass is 79.9. The van der Waals surface area contributed by atoms with Crippen LogP contribution in [0.25, 0.3) is 5.69 Å². The second-order valence-corrected chi connectivity index (χ2v) is 9.08. The maximum absolute atomic E-state index is 13.6. The summed E-state index contributed by atoms with van der Waals surface area (Å²) in [6, 6.07) is 5.08. The second-order valence-electron chi connectivity index (χ2n) is 8.16. The van der Waals surface area contributed by atoms with Crippen molar-refractivity contribution in [1.82, 2.24) is 24.5 Å². The minimum Gasteiger partial charge on any atom is -0.389 e. The molecule has 0 saturated carbocycles. The third-order valence-corrected chi connectivity index (χ3v) is 5.53. The number of nitro groups is 1. The van der Waals surface area contributed by atoms with Crippen LogP contribution < -0.4 is 0 Å². The number of alkyl halides is 5. The quantitative estimate of drug-likeness (QED) is 0.150. The molecule has 4 aromatic rings. The van der Waals surface area contributed by atoms with Gasteiger partial charge in [-0.2, -0.15) is 27.8 Å². The Morgan fingerprint density at radius 2 is 1.85 bits per heavy atom. The highest BCUT2D eigenvalue weighted by Crippen LogP contribution is 2.32. The van der Waals surface area contributed by atoms with Gasteiger partial charge in [0.25, 0.3) is 6.43 Å². The molecule has 0 aliphatic rings. The Morgan fingerprint density at radius 3 is 2.42 bits per heavy atom. The van der Waals surface area contributed by atoms with Crippen LogP contribution in [-0.4, -0.2) is 41.0 Å². The highest BCUT2D eigenvalue weighted by Gasteiger charge is 2.35. The van der Waals surface area contributed by atoms with E-state index in [2.05, 4.69) is 31.1 Å². The summed E-state index contributed by atoms with van der Waals surface area (Å²) in [7, 11) is 0. The highest BCUT2D eigenvalue weighted by molar-refractivity contribution is 9.10. The van der Waals surface area contributed by atoms with E-state index in [1.54, 1.807) is 0 Å². The van der Waals surface area contributed by atoms with Crippen molar-refractivity contribution in [3.05, 3.63) is 97.7 Å². The Bertz CT molecular complexity index is 1490. The van der Waals surface area contributed by atoms with E-state index in [1.807, 2.05) is 0 Å². The largest absolute Gasteiger partial charge is 0.435 e. The molecule has 1 unspecified atom stereocenters. The monoisotopic (exact) mass is 638 g/mol. The van der Waals surface area contributed by atoms with Crippen molar-refractivity contribution >= 4 is 21.7 Å². The molecule has 40 heavy (non-hydrogen) atoms. The van der Waals surface area contributed by atoms with Gasteiger partial charge in [0.1, 0.15) is 12.4 Å². The molecule has 0 radical (unpaired) electrons. The van der Waals surface area contributed by atoms with Crippen molar-refractivity contribution in [2.75, 3.05) is 0 Å². The van der Waals surface area contributed by atoms with Gasteiger partial charge in [-0.3, -0.25) is 4.68 Å². The summed E-state index contributed by atoms with van der Waals surface area (Å²) < 4.78 is 93.1. The Labute approximate surface area is 229 Å². The number of aliphatic hydroxyl groups excluding tert-OH is 1. The molecule has 0 saturated heterocycles. The lowest BCUT2D eigenvalue weighted by molar-refractivity contribution is -0.392. The van der Waals surface area contributed by atoms with Crippen LogP contribution in [0, 0.1) is 21.7 Å². The van der Waals surface area contributed by atoms with Crippen molar-refractivity contribution in [1.29, 1.82) is 0 Å². The summed E-state index contributed by atoms with van der Waals surface area (Å²) in [4.78, 5) is 12.4. The third-order valence-electron chi connectivity index (χ3n) is 5.10. The number of benzene rings is 1. The Hall–Kier alpha value is -3.86. The number of hydrogen-bond acceptors (Lipinski definition) is 6. The average molecular weight is 639 g/mol. The number of halogens is 8. The van der Waals surface area contributed by atoms with Crippen LogP contribution in [0.1, 0.15) is 35.5 Å². The second kappa shape index (κ2) is 12.5. The number of aliphatic hydroxyl groups is 1. The first-order valence-corrected chi connectivity index (χ1v) is 11.8. The van der Waals surface area contributed by atoms with E-state index >= 15 is 0 Å². The molecule has 1 N–H and O–H groups in total. The van der Waals surface area contributed by atoms with Gasteiger partial charge < -0.3 is 15.2 Å². The molecule has 0 fully saturated rings. The van der Waals surface area contributed by atoms with Crippen LogP contribution in [0.4, 0.5) is 36.6 Å². The van der Waals surface area contributed by atoms with E-state index in [0.29, 0.717) is 10.0 Å². The molecule has 1 atom stereocenters. The summed E-state index contributed by atoms with van der Waals surface area (Å²) in [5.74, 6) is -2.36. The molecular formula is C23H18BrF7N6O3. The lowest BCUT2D eigenvalue weighted by Crippen LogP contribution is -2.10. The maximum atomic E-state index is 13.6. The van der Waals surface area contributed by atoms with Gasteiger partial charge >= 0.3 is 12.0 Å². The predicted molar refractivity (Wildman–Crippen MR) is 129 cm³/mol. The topological polar surface area (TPSA) is 112 Å². The summed E-state index contributed by atoms with van der Waals surface area (Å²) in [6.45, 7) is 0.706. The standard InChI is InChI=1S/C18H16F6N4O.C5H2BrFN2O2/c1-10(29)14-5-12(19)2-3-15(14)28-13(6-16(26-28)18(22,23)24)4-11-7-25-27(8-11)9-17(20)21;6-3-1-4(7)5(8-2-3)9(10)11/h2-3,5-8,10,17,29H,4,9H2,1H3;1-2H. The van der Waals surface area contributed by atoms with Crippen LogP contribution in [-0.2, 0) is 19.1 Å². The lowest BCUT2D eigenvalue weighted by atomic mass is 10.1. The van der Waals surface area contributed by atoms with Gasteiger partial charge in [0.05, 0.1) is 22.5 Å². The Balaban J connectivity index is 0.000000336. The third kappa shape index (κ3) is 7.84. The van der Waals surface area contributed by atoms with E-state index in [9.17, 15) is 46.0 Å². The minimum atomic E-state index is -4.73. The fourth-order valence-corrected chi connectivity index (χ4v) is 3.74. The molecule has 0 spiro atoms. The average Bonchev–Trinajstić information content (AvgIpc) is 3.46. The van der Waals surface area contributed by atoms with E-state index < -0.39 is 53.3 Å². The summed E-state index contributed by atoms with van der Waals surface area (Å²) in [5, 5.41) is 27.3. The Kier molecular flexibility index (Phi) is 9.62. The molecule has 214 valence electrons. The van der Waals surface area contributed by atoms with E-state index in [4.69, 9.17) is 0 Å². The zero-order valence-electron chi connectivity index (χ0n) is 20.2. The molecule has 3 aromatic heterocycles. The molecule has 0 aliphatic carbocycles. The number of pyridine rings is 1. The van der Waals surface area contributed by atoms with Crippen LogP contribution >= 0.6 is 15.9 Å². The van der Waals surface area contributed by atoms with Crippen molar-refractivity contribution in [3.8, 4) is 5.69 Å². The van der Waals surface area contributed by atoms with Gasteiger partial charge in [-0.25, -0.2) is 17.9 Å². The smallest absolute Gasteiger partial charge is 0.389 e. The summed E-state index contributed by atoms with van der Waals surface area (Å²) in [5.41, 5.74) is -0.583. The SMILES string of the molecule is CC(O)c1cc(F)ccc1-n1nc(C(F)(F)F)cc1Cc1cnn(CC(F)F)c1.O=[N+]([O-])c1ncc(Br)cc1F. The zero-order valence-corrected chi connectivity index (χ0v) is 21.7. The molecule has 0 amide bonds. The predicted octanol–water partition coefficient (Wildman–Crippen LogP) is 6.03.